The molecule has 0 spiro atoms. The lowest BCUT2D eigenvalue weighted by atomic mass is 10.5. The van der Waals surface area contributed by atoms with Crippen LogP contribution in [0.1, 0.15) is 15.5 Å². The number of carboxylic acids is 1. The van der Waals surface area contributed by atoms with Crippen molar-refractivity contribution in [3.05, 3.63) is 29.2 Å². The van der Waals surface area contributed by atoms with E-state index in [2.05, 4.69) is 15.2 Å². The third-order valence-electron chi connectivity index (χ3n) is 2.29. The van der Waals surface area contributed by atoms with Crippen molar-refractivity contribution < 1.29 is 18.3 Å². The predicted molar refractivity (Wildman–Crippen MR) is 66.3 cm³/mol. The van der Waals surface area contributed by atoms with Crippen LogP contribution in [0.15, 0.2) is 22.7 Å². The number of nitrogens with zero attached hydrogens (tertiary/aromatic N) is 3. The summed E-state index contributed by atoms with van der Waals surface area (Å²) in [7, 11) is -2.34. The van der Waals surface area contributed by atoms with Gasteiger partial charge in [0, 0.05) is 7.05 Å². The van der Waals surface area contributed by atoms with Gasteiger partial charge in [-0.15, -0.1) is 11.3 Å². The molecule has 0 saturated heterocycles. The number of aromatic amines is 1. The second-order valence-electron chi connectivity index (χ2n) is 3.62. The van der Waals surface area contributed by atoms with Gasteiger partial charge in [0.2, 0.25) is 0 Å². The van der Waals surface area contributed by atoms with Crippen molar-refractivity contribution >= 4 is 27.3 Å². The number of hydrogen-bond acceptors (Lipinski definition) is 6. The molecule has 0 amide bonds. The summed E-state index contributed by atoms with van der Waals surface area (Å²) in [6.45, 7) is 0.0304. The van der Waals surface area contributed by atoms with E-state index >= 15 is 0 Å². The fourth-order valence-electron chi connectivity index (χ4n) is 1.33. The molecule has 0 radical (unpaired) electrons. The molecular weight excluding hydrogens is 292 g/mol. The molecule has 2 rings (SSSR count). The molecule has 0 atom stereocenters. The lowest BCUT2D eigenvalue weighted by Gasteiger charge is -2.13. The number of aromatic nitrogens is 3. The van der Waals surface area contributed by atoms with Crippen molar-refractivity contribution in [1.29, 1.82) is 0 Å². The lowest BCUT2D eigenvalue weighted by Crippen LogP contribution is -2.26. The van der Waals surface area contributed by atoms with Gasteiger partial charge in [-0.05, 0) is 12.1 Å². The molecule has 102 valence electrons. The van der Waals surface area contributed by atoms with Crippen LogP contribution in [0.2, 0.25) is 0 Å². The van der Waals surface area contributed by atoms with E-state index in [4.69, 9.17) is 5.11 Å². The first-order valence-corrected chi connectivity index (χ1v) is 7.30. The zero-order valence-corrected chi connectivity index (χ0v) is 11.4. The SMILES string of the molecule is CN(Cc1ncn[nH]1)S(=O)(=O)c1ccc(C(=O)O)s1. The molecule has 0 unspecified atom stereocenters. The molecule has 0 bridgehead atoms. The monoisotopic (exact) mass is 302 g/mol. The summed E-state index contributed by atoms with van der Waals surface area (Å²) in [6, 6.07) is 2.54. The Morgan fingerprint density at radius 1 is 1.53 bits per heavy atom. The Hall–Kier alpha value is -1.78. The van der Waals surface area contributed by atoms with Crippen LogP contribution >= 0.6 is 11.3 Å². The summed E-state index contributed by atoms with van der Waals surface area (Å²) in [4.78, 5) is 14.6. The molecule has 10 heteroatoms. The van der Waals surface area contributed by atoms with E-state index in [0.717, 1.165) is 4.31 Å². The second kappa shape index (κ2) is 5.07. The number of H-pyrrole nitrogens is 1. The molecular formula is C9H10N4O4S2. The smallest absolute Gasteiger partial charge is 0.345 e. The maximum absolute atomic E-state index is 12.2. The third kappa shape index (κ3) is 2.80. The van der Waals surface area contributed by atoms with Gasteiger partial charge in [-0.1, -0.05) is 0 Å². The summed E-state index contributed by atoms with van der Waals surface area (Å²) >= 11 is 0.713. The summed E-state index contributed by atoms with van der Waals surface area (Å²) in [5, 5.41) is 15.0. The van der Waals surface area contributed by atoms with Crippen molar-refractivity contribution in [3.63, 3.8) is 0 Å². The maximum Gasteiger partial charge on any atom is 0.345 e. The quantitative estimate of drug-likeness (QED) is 0.825. The molecule has 0 saturated carbocycles. The van der Waals surface area contributed by atoms with Crippen molar-refractivity contribution in [1.82, 2.24) is 19.5 Å². The summed E-state index contributed by atoms with van der Waals surface area (Å²) in [5.74, 6) is -0.745. The van der Waals surface area contributed by atoms with Crippen LogP contribution in [0.3, 0.4) is 0 Å². The highest BCUT2D eigenvalue weighted by Crippen LogP contribution is 2.24. The molecule has 2 aromatic rings. The molecule has 0 fully saturated rings. The lowest BCUT2D eigenvalue weighted by molar-refractivity contribution is 0.0702. The second-order valence-corrected chi connectivity index (χ2v) is 6.97. The first-order valence-electron chi connectivity index (χ1n) is 5.05. The number of rotatable bonds is 5. The molecule has 0 aliphatic carbocycles. The number of sulfonamides is 1. The molecule has 8 nitrogen and oxygen atoms in total. The zero-order chi connectivity index (χ0) is 14.0. The van der Waals surface area contributed by atoms with Gasteiger partial charge in [0.1, 0.15) is 21.2 Å². The Morgan fingerprint density at radius 3 is 2.79 bits per heavy atom. The van der Waals surface area contributed by atoms with Gasteiger partial charge < -0.3 is 5.11 Å². The van der Waals surface area contributed by atoms with Crippen LogP contribution in [0, 0.1) is 0 Å². The van der Waals surface area contributed by atoms with Crippen molar-refractivity contribution in [3.8, 4) is 0 Å². The van der Waals surface area contributed by atoms with Gasteiger partial charge in [-0.2, -0.15) is 9.40 Å². The number of hydrogen-bond donors (Lipinski definition) is 2. The van der Waals surface area contributed by atoms with E-state index in [-0.39, 0.29) is 15.6 Å². The topological polar surface area (TPSA) is 116 Å². The highest BCUT2D eigenvalue weighted by atomic mass is 32.2. The Kier molecular flexibility index (Phi) is 3.64. The van der Waals surface area contributed by atoms with E-state index in [1.54, 1.807) is 0 Å². The Morgan fingerprint density at radius 2 is 2.26 bits per heavy atom. The maximum atomic E-state index is 12.2. The number of nitrogens with one attached hydrogen (secondary N) is 1. The first-order chi connectivity index (χ1) is 8.91. The van der Waals surface area contributed by atoms with Crippen LogP contribution in [0.25, 0.3) is 0 Å². The van der Waals surface area contributed by atoms with Gasteiger partial charge in [0.15, 0.2) is 0 Å². The van der Waals surface area contributed by atoms with Gasteiger partial charge in [-0.25, -0.2) is 18.2 Å². The molecule has 0 aromatic carbocycles. The van der Waals surface area contributed by atoms with Crippen LogP contribution in [-0.4, -0.2) is 46.0 Å². The molecule has 19 heavy (non-hydrogen) atoms. The van der Waals surface area contributed by atoms with E-state index in [1.807, 2.05) is 0 Å². The van der Waals surface area contributed by atoms with Gasteiger partial charge in [0.05, 0.1) is 6.54 Å². The molecule has 2 aromatic heterocycles. The minimum absolute atomic E-state index is 0.0214. The Balaban J connectivity index is 2.23. The normalized spacial score (nSPS) is 11.9. The highest BCUT2D eigenvalue weighted by Gasteiger charge is 2.24. The number of carbonyl (C=O) groups is 1. The van der Waals surface area contributed by atoms with Crippen LogP contribution in [0.5, 0.6) is 0 Å². The van der Waals surface area contributed by atoms with Gasteiger partial charge >= 0.3 is 5.97 Å². The fraction of sp³-hybridized carbons (Fsp3) is 0.222. The predicted octanol–water partition coefficient (Wildman–Crippen LogP) is 0.385. The number of aromatic carboxylic acids is 1. The van der Waals surface area contributed by atoms with Crippen molar-refractivity contribution in [2.45, 2.75) is 10.8 Å². The number of thiophene rings is 1. The van der Waals surface area contributed by atoms with E-state index in [1.165, 1.54) is 25.5 Å². The summed E-state index contributed by atoms with van der Waals surface area (Å²) in [6.07, 6.45) is 1.28. The minimum atomic E-state index is -3.73. The Labute approximate surface area is 112 Å². The third-order valence-corrected chi connectivity index (χ3v) is 5.64. The van der Waals surface area contributed by atoms with Gasteiger partial charge in [-0.3, -0.25) is 5.10 Å². The van der Waals surface area contributed by atoms with E-state index in [0.29, 0.717) is 17.2 Å². The largest absolute Gasteiger partial charge is 0.477 e. The van der Waals surface area contributed by atoms with Crippen molar-refractivity contribution in [2.24, 2.45) is 0 Å². The zero-order valence-electron chi connectivity index (χ0n) is 9.77. The van der Waals surface area contributed by atoms with Crippen LogP contribution in [0.4, 0.5) is 0 Å². The minimum Gasteiger partial charge on any atom is -0.477 e. The molecule has 2 heterocycles. The average molecular weight is 302 g/mol. The van der Waals surface area contributed by atoms with Crippen LogP contribution in [-0.2, 0) is 16.6 Å². The Bertz CT molecular complexity index is 677. The molecule has 0 aliphatic rings. The summed E-state index contributed by atoms with van der Waals surface area (Å²) in [5.41, 5.74) is 0. The molecule has 2 N–H and O–H groups in total. The average Bonchev–Trinajstić information content (AvgIpc) is 2.99. The first kappa shape index (κ1) is 13.6. The molecule has 0 aliphatic heterocycles. The standard InChI is InChI=1S/C9H10N4O4S2/c1-13(4-7-10-5-11-12-7)19(16,17)8-3-2-6(18-8)9(14)15/h2-3,5H,4H2,1H3,(H,14,15)(H,10,11,12). The van der Waals surface area contributed by atoms with Crippen molar-refractivity contribution in [2.75, 3.05) is 7.05 Å². The van der Waals surface area contributed by atoms with E-state index in [9.17, 15) is 13.2 Å². The van der Waals surface area contributed by atoms with Gasteiger partial charge in [0.25, 0.3) is 10.0 Å². The van der Waals surface area contributed by atoms with E-state index < -0.39 is 16.0 Å². The summed E-state index contributed by atoms with van der Waals surface area (Å²) < 4.78 is 25.4. The highest BCUT2D eigenvalue weighted by molar-refractivity contribution is 7.91. The number of carboxylic acid groups (broad SMARTS) is 1. The fourth-order valence-corrected chi connectivity index (χ4v) is 3.82. The van der Waals surface area contributed by atoms with Crippen LogP contribution < -0.4 is 0 Å².